The third-order valence-electron chi connectivity index (χ3n) is 5.16. The predicted octanol–water partition coefficient (Wildman–Crippen LogP) is 2.07. The van der Waals surface area contributed by atoms with E-state index in [1.54, 1.807) is 30.9 Å². The van der Waals surface area contributed by atoms with Gasteiger partial charge in [-0.1, -0.05) is 12.1 Å². The van der Waals surface area contributed by atoms with Crippen molar-refractivity contribution in [2.45, 2.75) is 18.3 Å². The van der Waals surface area contributed by atoms with Gasteiger partial charge < -0.3 is 14.8 Å². The Morgan fingerprint density at radius 3 is 2.83 bits per heavy atom. The van der Waals surface area contributed by atoms with Crippen molar-refractivity contribution in [2.75, 3.05) is 27.4 Å². The maximum absolute atomic E-state index is 12.7. The number of ether oxygens (including phenoxy) is 2. The van der Waals surface area contributed by atoms with Crippen molar-refractivity contribution in [2.24, 2.45) is 0 Å². The van der Waals surface area contributed by atoms with Crippen LogP contribution in [0.3, 0.4) is 0 Å². The largest absolute Gasteiger partial charge is 0.493 e. The second-order valence-electron chi connectivity index (χ2n) is 6.98. The molecule has 2 heterocycles. The van der Waals surface area contributed by atoms with Gasteiger partial charge in [0.2, 0.25) is 5.91 Å². The fourth-order valence-electron chi connectivity index (χ4n) is 3.38. The van der Waals surface area contributed by atoms with Gasteiger partial charge in [0.05, 0.1) is 31.0 Å². The molecule has 1 amide bonds. The van der Waals surface area contributed by atoms with Crippen molar-refractivity contribution in [1.29, 1.82) is 5.26 Å². The standard InChI is InChI=1S/C21H21N5O3/c1-28-11-10-23-20(27)21(8-9-21)19-24-18-17(29-2)7-6-16(26(18)25-19)15-5-3-4-14(12-15)13-22/h3-7,12H,8-11H2,1-2H3,(H,23,27). The van der Waals surface area contributed by atoms with Gasteiger partial charge in [0.25, 0.3) is 0 Å². The lowest BCUT2D eigenvalue weighted by Gasteiger charge is -2.11. The van der Waals surface area contributed by atoms with Crippen LogP contribution in [0.4, 0.5) is 0 Å². The average Bonchev–Trinajstić information content (AvgIpc) is 3.45. The number of benzene rings is 1. The molecule has 0 bridgehead atoms. The Labute approximate surface area is 168 Å². The number of methoxy groups -OCH3 is 2. The Balaban J connectivity index is 1.79. The summed E-state index contributed by atoms with van der Waals surface area (Å²) in [5.41, 5.74) is 1.99. The zero-order valence-electron chi connectivity index (χ0n) is 16.3. The first-order valence-corrected chi connectivity index (χ1v) is 9.35. The molecular formula is C21H21N5O3. The van der Waals surface area contributed by atoms with Crippen LogP contribution < -0.4 is 10.1 Å². The minimum absolute atomic E-state index is 0.0857. The van der Waals surface area contributed by atoms with Crippen LogP contribution in [-0.2, 0) is 14.9 Å². The molecule has 4 rings (SSSR count). The molecular weight excluding hydrogens is 370 g/mol. The maximum Gasteiger partial charge on any atom is 0.234 e. The highest BCUT2D eigenvalue weighted by Gasteiger charge is 2.54. The summed E-state index contributed by atoms with van der Waals surface area (Å²) in [6, 6.07) is 13.1. The van der Waals surface area contributed by atoms with Crippen LogP contribution >= 0.6 is 0 Å². The molecule has 1 aliphatic carbocycles. The summed E-state index contributed by atoms with van der Waals surface area (Å²) in [7, 11) is 3.17. The minimum atomic E-state index is -0.712. The molecule has 1 saturated carbocycles. The number of rotatable bonds is 7. The third kappa shape index (κ3) is 3.30. The van der Waals surface area contributed by atoms with Crippen LogP contribution in [-0.4, -0.2) is 47.9 Å². The molecule has 0 atom stereocenters. The van der Waals surface area contributed by atoms with Crippen molar-refractivity contribution in [3.8, 4) is 23.1 Å². The Hall–Kier alpha value is -3.44. The fraction of sp³-hybridized carbons (Fsp3) is 0.333. The van der Waals surface area contributed by atoms with Gasteiger partial charge in [-0.15, -0.1) is 5.10 Å². The number of nitriles is 1. The molecule has 1 fully saturated rings. The summed E-state index contributed by atoms with van der Waals surface area (Å²) in [5, 5.41) is 16.8. The second kappa shape index (κ2) is 7.53. The number of fused-ring (bicyclic) bond motifs is 1. The van der Waals surface area contributed by atoms with Crippen LogP contribution in [0, 0.1) is 11.3 Å². The first-order chi connectivity index (χ1) is 14.1. The highest BCUT2D eigenvalue weighted by atomic mass is 16.5. The molecule has 3 aromatic rings. The van der Waals surface area contributed by atoms with E-state index in [9.17, 15) is 10.1 Å². The molecule has 2 aromatic heterocycles. The summed E-state index contributed by atoms with van der Waals surface area (Å²) >= 11 is 0. The Morgan fingerprint density at radius 1 is 1.31 bits per heavy atom. The normalized spacial score (nSPS) is 14.4. The van der Waals surface area contributed by atoms with Crippen molar-refractivity contribution in [3.63, 3.8) is 0 Å². The zero-order valence-corrected chi connectivity index (χ0v) is 16.3. The SMILES string of the molecule is COCCNC(=O)C1(c2nc3c(OC)ccc(-c4cccc(C#N)c4)n3n2)CC1. The summed E-state index contributed by atoms with van der Waals surface area (Å²) in [6.45, 7) is 0.896. The summed E-state index contributed by atoms with van der Waals surface area (Å²) in [5.74, 6) is 0.964. The fourth-order valence-corrected chi connectivity index (χ4v) is 3.38. The number of aromatic nitrogens is 3. The number of amides is 1. The van der Waals surface area contributed by atoms with E-state index in [1.165, 1.54) is 0 Å². The third-order valence-corrected chi connectivity index (χ3v) is 5.16. The number of pyridine rings is 1. The lowest BCUT2D eigenvalue weighted by Crippen LogP contribution is -2.37. The van der Waals surface area contributed by atoms with Gasteiger partial charge >= 0.3 is 0 Å². The van der Waals surface area contributed by atoms with Gasteiger partial charge in [0.15, 0.2) is 17.2 Å². The van der Waals surface area contributed by atoms with Crippen molar-refractivity contribution < 1.29 is 14.3 Å². The molecule has 8 nitrogen and oxygen atoms in total. The Morgan fingerprint density at radius 2 is 2.14 bits per heavy atom. The molecule has 0 unspecified atom stereocenters. The number of nitrogens with zero attached hydrogens (tertiary/aromatic N) is 4. The highest BCUT2D eigenvalue weighted by molar-refractivity contribution is 5.90. The summed E-state index contributed by atoms with van der Waals surface area (Å²) in [6.07, 6.45) is 1.40. The van der Waals surface area contributed by atoms with Crippen LogP contribution in [0.2, 0.25) is 0 Å². The van der Waals surface area contributed by atoms with Crippen LogP contribution in [0.25, 0.3) is 16.9 Å². The van der Waals surface area contributed by atoms with Gasteiger partial charge in [-0.05, 0) is 37.1 Å². The molecule has 29 heavy (non-hydrogen) atoms. The van der Waals surface area contributed by atoms with E-state index in [4.69, 9.17) is 9.47 Å². The molecule has 0 aliphatic heterocycles. The average molecular weight is 391 g/mol. The number of carbonyl (C=O) groups excluding carboxylic acids is 1. The monoisotopic (exact) mass is 391 g/mol. The van der Waals surface area contributed by atoms with Gasteiger partial charge in [0.1, 0.15) is 5.41 Å². The Kier molecular flexibility index (Phi) is 4.91. The smallest absolute Gasteiger partial charge is 0.234 e. The first kappa shape index (κ1) is 18.9. The van der Waals surface area contributed by atoms with Crippen LogP contribution in [0.1, 0.15) is 24.2 Å². The molecule has 8 heteroatoms. The zero-order chi connectivity index (χ0) is 20.4. The number of carbonyl (C=O) groups is 1. The van der Waals surface area contributed by atoms with Crippen molar-refractivity contribution in [3.05, 3.63) is 47.8 Å². The van der Waals surface area contributed by atoms with Crippen molar-refractivity contribution >= 4 is 11.6 Å². The molecule has 0 saturated heterocycles. The van der Waals surface area contributed by atoms with Crippen molar-refractivity contribution in [1.82, 2.24) is 19.9 Å². The molecule has 148 valence electrons. The van der Waals surface area contributed by atoms with Gasteiger partial charge in [0, 0.05) is 19.2 Å². The van der Waals surface area contributed by atoms with E-state index in [2.05, 4.69) is 21.5 Å². The maximum atomic E-state index is 12.7. The molecule has 1 N–H and O–H groups in total. The van der Waals surface area contributed by atoms with Crippen LogP contribution in [0.5, 0.6) is 5.75 Å². The van der Waals surface area contributed by atoms with E-state index >= 15 is 0 Å². The van der Waals surface area contributed by atoms with E-state index < -0.39 is 5.41 Å². The van der Waals surface area contributed by atoms with E-state index in [1.807, 2.05) is 24.3 Å². The van der Waals surface area contributed by atoms with Gasteiger partial charge in [-0.25, -0.2) is 9.50 Å². The lowest BCUT2D eigenvalue weighted by atomic mass is 10.1. The number of hydrogen-bond donors (Lipinski definition) is 1. The lowest BCUT2D eigenvalue weighted by molar-refractivity contribution is -0.123. The molecule has 0 radical (unpaired) electrons. The number of hydrogen-bond acceptors (Lipinski definition) is 6. The first-order valence-electron chi connectivity index (χ1n) is 9.35. The summed E-state index contributed by atoms with van der Waals surface area (Å²) in [4.78, 5) is 17.4. The van der Waals surface area contributed by atoms with E-state index in [0.29, 0.717) is 48.8 Å². The molecule has 1 aliphatic rings. The predicted molar refractivity (Wildman–Crippen MR) is 105 cm³/mol. The minimum Gasteiger partial charge on any atom is -0.493 e. The van der Waals surface area contributed by atoms with Gasteiger partial charge in [-0.3, -0.25) is 4.79 Å². The van der Waals surface area contributed by atoms with E-state index in [-0.39, 0.29) is 5.91 Å². The molecule has 0 spiro atoms. The summed E-state index contributed by atoms with van der Waals surface area (Å²) < 4.78 is 12.1. The topological polar surface area (TPSA) is 102 Å². The molecule has 1 aromatic carbocycles. The second-order valence-corrected chi connectivity index (χ2v) is 6.98. The Bertz CT molecular complexity index is 1110. The highest BCUT2D eigenvalue weighted by Crippen LogP contribution is 2.47. The quantitative estimate of drug-likeness (QED) is 0.619. The number of nitrogens with one attached hydrogen (secondary N) is 1. The van der Waals surface area contributed by atoms with Crippen LogP contribution in [0.15, 0.2) is 36.4 Å². The van der Waals surface area contributed by atoms with E-state index in [0.717, 1.165) is 11.3 Å². The van der Waals surface area contributed by atoms with Gasteiger partial charge in [-0.2, -0.15) is 5.26 Å².